The Kier molecular flexibility index (Phi) is 17.3. The summed E-state index contributed by atoms with van der Waals surface area (Å²) in [5.41, 5.74) is 1.81. The number of aromatic amines is 1. The quantitative estimate of drug-likeness (QED) is 0.171. The summed E-state index contributed by atoms with van der Waals surface area (Å²) in [5, 5.41) is 49.9. The lowest BCUT2D eigenvalue weighted by molar-refractivity contribution is -0.151. The largest absolute Gasteiger partial charge is 0.392 e. The smallest absolute Gasteiger partial charge is 0.157 e. The molecule has 2 aromatic rings. The monoisotopic (exact) mass is 985 g/mol. The molecule has 0 aliphatic heterocycles. The van der Waals surface area contributed by atoms with Gasteiger partial charge in [0, 0.05) is 35.4 Å². The van der Waals surface area contributed by atoms with Crippen molar-refractivity contribution in [3.8, 4) is 0 Å². The summed E-state index contributed by atoms with van der Waals surface area (Å²) < 4.78 is 1.70. The fourth-order valence-corrected chi connectivity index (χ4v) is 17.6. The molecule has 16 atom stereocenters. The van der Waals surface area contributed by atoms with Crippen molar-refractivity contribution in [1.82, 2.24) is 20.0 Å². The van der Waals surface area contributed by atoms with Crippen LogP contribution in [0.25, 0.3) is 0 Å². The molecule has 66 heavy (non-hydrogen) atoms. The maximum atomic E-state index is 13.3. The minimum atomic E-state index is -0.479. The van der Waals surface area contributed by atoms with Crippen molar-refractivity contribution in [2.45, 2.75) is 210 Å². The van der Waals surface area contributed by atoms with Crippen molar-refractivity contribution in [3.05, 3.63) is 35.9 Å². The number of hydrogen-bond donors (Lipinski definition) is 5. The average molecular weight is 986 g/mol. The summed E-state index contributed by atoms with van der Waals surface area (Å²) in [6, 6.07) is 0. The standard InChI is InChI=1S/C26H40N2O3.C22H35BrO2.C4H6N2O.3CH4/c1-24(31)10-11-25(2)18(12-24)4-5-19-20-6-7-22(26(20,3)9-8-21(19)25)23(30)15-28-14-17(16-29)13-27-28;1-20(25)10-11-21(2)14(12-20)4-5-15-16-6-7-18(19(24)13-23)22(16,3)9-8-17(15)21;7-3-4-1-5-6-2-4;;;/h13-14,18-22,29,31H,4-12,15-16H2,1-3H3;14-18,25H,4-13H2,1-3H3;1-2,7H,3H2,(H,5,6);3*1H4/t18-,19-,20-,21-,22+,24+,25-,26-;14-,15+,16+,17+,18-,20-,21+,22+;;;;/m01..../s1. The van der Waals surface area contributed by atoms with E-state index in [0.29, 0.717) is 52.0 Å². The van der Waals surface area contributed by atoms with Gasteiger partial charge in [0.05, 0.1) is 48.7 Å². The molecule has 8 aliphatic rings. The zero-order valence-corrected chi connectivity index (χ0v) is 41.1. The number of alkyl halides is 1. The first kappa shape index (κ1) is 55.0. The molecule has 8 aliphatic carbocycles. The van der Waals surface area contributed by atoms with E-state index in [2.05, 4.69) is 58.9 Å². The SMILES string of the molecule is C.C.C.C[C@@]1(O)CC[C@@]2(C)[C@@H](CC[C@@H]3[C@@H]2CC[C@]2(C)[C@@H](C(=O)Cn4cc(CO)cn4)CC[C@@H]32)C1.C[C@@]1(O)CC[C@@]2(C)[C@H](CC[C@@H]3[C@@H]2CC[C@]2(C)[C@@H](C(=O)CBr)CC[C@@H]32)C1.OCc1cn[nH]c1. The van der Waals surface area contributed by atoms with Crippen LogP contribution < -0.4 is 0 Å². The highest BCUT2D eigenvalue weighted by atomic mass is 79.9. The predicted molar refractivity (Wildman–Crippen MR) is 268 cm³/mol. The van der Waals surface area contributed by atoms with E-state index in [1.165, 1.54) is 64.2 Å². The number of rotatable bonds is 7. The lowest BCUT2D eigenvalue weighted by atomic mass is 9.44. The molecule has 0 aromatic carbocycles. The van der Waals surface area contributed by atoms with Gasteiger partial charge in [0.25, 0.3) is 0 Å². The van der Waals surface area contributed by atoms with Gasteiger partial charge in [0.1, 0.15) is 5.78 Å². The van der Waals surface area contributed by atoms with Crippen LogP contribution in [0.2, 0.25) is 0 Å². The third-order valence-corrected chi connectivity index (χ3v) is 21.3. The number of halogens is 1. The van der Waals surface area contributed by atoms with Gasteiger partial charge in [-0.1, -0.05) is 65.9 Å². The zero-order valence-electron chi connectivity index (χ0n) is 39.5. The Balaban J connectivity index is 0.000000210. The Bertz CT molecular complexity index is 1920. The summed E-state index contributed by atoms with van der Waals surface area (Å²) in [7, 11) is 0. The molecule has 0 bridgehead atoms. The van der Waals surface area contributed by atoms with Gasteiger partial charge in [-0.3, -0.25) is 19.4 Å². The number of hydrogen-bond acceptors (Lipinski definition) is 8. The van der Waals surface area contributed by atoms with E-state index in [9.17, 15) is 24.9 Å². The Hall–Kier alpha value is -1.92. The molecule has 5 N–H and O–H groups in total. The minimum absolute atomic E-state index is 0. The molecule has 10 rings (SSSR count). The van der Waals surface area contributed by atoms with Crippen LogP contribution in [0.1, 0.15) is 191 Å². The number of aliphatic hydroxyl groups is 4. The number of Topliss-reactive ketones (excluding diaryl/α,β-unsaturated/α-hetero) is 2. The molecule has 376 valence electrons. The second-order valence-electron chi connectivity index (χ2n) is 24.1. The molecule has 0 amide bonds. The number of nitrogens with one attached hydrogen (secondary N) is 1. The summed E-state index contributed by atoms with van der Waals surface area (Å²) in [6.07, 6.45) is 27.6. The Morgan fingerprint density at radius 2 is 1.09 bits per heavy atom. The van der Waals surface area contributed by atoms with Crippen molar-refractivity contribution in [3.63, 3.8) is 0 Å². The van der Waals surface area contributed by atoms with Crippen LogP contribution in [-0.2, 0) is 29.3 Å². The van der Waals surface area contributed by atoms with Crippen LogP contribution in [0, 0.1) is 80.8 Å². The molecule has 0 radical (unpaired) electrons. The van der Waals surface area contributed by atoms with Gasteiger partial charge < -0.3 is 20.4 Å². The molecule has 0 unspecified atom stereocenters. The maximum Gasteiger partial charge on any atom is 0.157 e. The molecule has 2 heterocycles. The van der Waals surface area contributed by atoms with Gasteiger partial charge in [-0.05, 0) is 198 Å². The molecule has 2 aromatic heterocycles. The molecule has 0 saturated heterocycles. The summed E-state index contributed by atoms with van der Waals surface area (Å²) in [6.45, 7) is 14.4. The van der Waals surface area contributed by atoms with E-state index in [0.717, 1.165) is 92.1 Å². The van der Waals surface area contributed by atoms with Gasteiger partial charge in [-0.15, -0.1) is 0 Å². The van der Waals surface area contributed by atoms with E-state index in [1.54, 1.807) is 29.5 Å². The van der Waals surface area contributed by atoms with Crippen molar-refractivity contribution < 1.29 is 30.0 Å². The van der Waals surface area contributed by atoms with Crippen molar-refractivity contribution in [1.29, 1.82) is 0 Å². The molecule has 0 spiro atoms. The van der Waals surface area contributed by atoms with E-state index in [4.69, 9.17) is 5.11 Å². The lowest BCUT2D eigenvalue weighted by Crippen LogP contribution is -2.55. The summed E-state index contributed by atoms with van der Waals surface area (Å²) in [4.78, 5) is 25.9. The maximum absolute atomic E-state index is 13.3. The first-order valence-electron chi connectivity index (χ1n) is 25.1. The minimum Gasteiger partial charge on any atom is -0.392 e. The van der Waals surface area contributed by atoms with Crippen LogP contribution >= 0.6 is 15.9 Å². The van der Waals surface area contributed by atoms with Gasteiger partial charge >= 0.3 is 0 Å². The fourth-order valence-electron chi connectivity index (χ4n) is 17.2. The summed E-state index contributed by atoms with van der Waals surface area (Å²) >= 11 is 3.43. The average Bonchev–Trinajstić information content (AvgIpc) is 4.07. The van der Waals surface area contributed by atoms with Crippen molar-refractivity contribution in [2.24, 2.45) is 80.8 Å². The highest BCUT2D eigenvalue weighted by Gasteiger charge is 2.63. The Morgan fingerprint density at radius 1 is 0.621 bits per heavy atom. The van der Waals surface area contributed by atoms with Crippen LogP contribution in [0.5, 0.6) is 0 Å². The topological polar surface area (TPSA) is 162 Å². The normalized spacial score (nSPS) is 43.9. The van der Waals surface area contributed by atoms with Gasteiger partial charge in [0.15, 0.2) is 5.78 Å². The predicted octanol–water partition coefficient (Wildman–Crippen LogP) is 11.5. The third kappa shape index (κ3) is 10.0. The van der Waals surface area contributed by atoms with Crippen molar-refractivity contribution in [2.75, 3.05) is 5.33 Å². The molecular formula is C55H93BrN4O6. The zero-order chi connectivity index (χ0) is 45.2. The van der Waals surface area contributed by atoms with E-state index >= 15 is 0 Å². The number of carbonyl (C=O) groups excluding carboxylic acids is 2. The highest BCUT2D eigenvalue weighted by molar-refractivity contribution is 9.09. The second kappa shape index (κ2) is 20.8. The second-order valence-corrected chi connectivity index (χ2v) is 24.7. The van der Waals surface area contributed by atoms with Crippen LogP contribution in [0.15, 0.2) is 24.8 Å². The number of H-pyrrole nitrogens is 1. The van der Waals surface area contributed by atoms with Crippen LogP contribution in [0.3, 0.4) is 0 Å². The molecule has 8 saturated carbocycles. The van der Waals surface area contributed by atoms with Gasteiger partial charge in [-0.25, -0.2) is 0 Å². The van der Waals surface area contributed by atoms with Gasteiger partial charge in [-0.2, -0.15) is 10.2 Å². The van der Waals surface area contributed by atoms with Crippen LogP contribution in [-0.4, -0.2) is 68.5 Å². The summed E-state index contributed by atoms with van der Waals surface area (Å²) in [5.74, 6) is 7.08. The highest BCUT2D eigenvalue weighted by Crippen LogP contribution is 2.70. The number of carbonyl (C=O) groups is 2. The van der Waals surface area contributed by atoms with E-state index in [1.807, 2.05) is 13.8 Å². The van der Waals surface area contributed by atoms with Crippen molar-refractivity contribution >= 4 is 27.5 Å². The van der Waals surface area contributed by atoms with Crippen LogP contribution in [0.4, 0.5) is 0 Å². The van der Waals surface area contributed by atoms with Gasteiger partial charge in [0.2, 0.25) is 0 Å². The number of aliphatic hydroxyl groups excluding tert-OH is 2. The first-order valence-corrected chi connectivity index (χ1v) is 26.2. The Morgan fingerprint density at radius 3 is 1.50 bits per heavy atom. The molecule has 10 nitrogen and oxygen atoms in total. The Labute approximate surface area is 408 Å². The molecular weight excluding hydrogens is 893 g/mol. The number of aromatic nitrogens is 4. The number of ketones is 2. The number of fused-ring (bicyclic) bond motifs is 10. The van der Waals surface area contributed by atoms with E-state index in [-0.39, 0.29) is 58.2 Å². The lowest BCUT2D eigenvalue weighted by Gasteiger charge is -2.61. The molecule has 11 heteroatoms. The third-order valence-electron chi connectivity index (χ3n) is 20.7. The fraction of sp³-hybridized carbons (Fsp3) is 0.855. The molecule has 8 fully saturated rings. The number of nitrogens with zero attached hydrogens (tertiary/aromatic N) is 3. The van der Waals surface area contributed by atoms with E-state index < -0.39 is 11.2 Å². The first-order chi connectivity index (χ1) is 29.8.